The van der Waals surface area contributed by atoms with Crippen LogP contribution in [0, 0.1) is 0 Å². The number of carbonyl (C=O) groups excluding carboxylic acids is 8. The van der Waals surface area contributed by atoms with Gasteiger partial charge >= 0.3 is 5.97 Å². The van der Waals surface area contributed by atoms with Gasteiger partial charge < -0.3 is 88.5 Å². The highest BCUT2D eigenvalue weighted by molar-refractivity contribution is 5.99. The van der Waals surface area contributed by atoms with Gasteiger partial charge in [-0.3, -0.25) is 38.4 Å². The maximum Gasteiger partial charge on any atom is 0.326 e. The maximum atomic E-state index is 14.7. The first-order valence-corrected chi connectivity index (χ1v) is 24.9. The second-order valence-electron chi connectivity index (χ2n) is 19.3. The fraction of sp³-hybridized carbons (Fsp3) is 0.571. The molecule has 0 unspecified atom stereocenters. The summed E-state index contributed by atoms with van der Waals surface area (Å²) in [6.07, 6.45) is -3.67. The Kier molecular flexibility index (Phi) is 21.2. The van der Waals surface area contributed by atoms with Gasteiger partial charge in [-0.2, -0.15) is 0 Å². The normalized spacial score (nSPS) is 22.2. The number of phenols is 2. The van der Waals surface area contributed by atoms with Crippen LogP contribution in [-0.4, -0.2) is 209 Å². The minimum absolute atomic E-state index is 0.0766. The lowest BCUT2D eigenvalue weighted by atomic mass is 10.0. The summed E-state index contributed by atoms with van der Waals surface area (Å²) in [6, 6.07) is -1.60. The third kappa shape index (κ3) is 15.8. The smallest absolute Gasteiger partial charge is 0.326 e. The van der Waals surface area contributed by atoms with Crippen molar-refractivity contribution < 1.29 is 78.9 Å². The fourth-order valence-corrected chi connectivity index (χ4v) is 9.33. The molecule has 26 nitrogen and oxygen atoms in total. The van der Waals surface area contributed by atoms with Crippen LogP contribution in [0.3, 0.4) is 0 Å². The summed E-state index contributed by atoms with van der Waals surface area (Å²) in [7, 11) is 0. The van der Waals surface area contributed by atoms with Gasteiger partial charge in [0.2, 0.25) is 47.3 Å². The van der Waals surface area contributed by atoms with Crippen molar-refractivity contribution in [1.29, 1.82) is 0 Å². The van der Waals surface area contributed by atoms with E-state index in [-0.39, 0.29) is 56.6 Å². The number of carbonyl (C=O) groups is 9. The van der Waals surface area contributed by atoms with Crippen LogP contribution >= 0.6 is 0 Å². The van der Waals surface area contributed by atoms with Crippen LogP contribution in [0.1, 0.15) is 69.9 Å². The van der Waals surface area contributed by atoms with Crippen molar-refractivity contribution in [1.82, 2.24) is 41.3 Å². The summed E-state index contributed by atoms with van der Waals surface area (Å²) < 4.78 is 0. The van der Waals surface area contributed by atoms with Crippen LogP contribution in [0.2, 0.25) is 0 Å². The third-order valence-corrected chi connectivity index (χ3v) is 13.4. The Morgan fingerprint density at radius 3 is 1.71 bits per heavy atom. The number of carboxylic acid groups (broad SMARTS) is 1. The minimum Gasteiger partial charge on any atom is -0.508 e. The Morgan fingerprint density at radius 2 is 1.16 bits per heavy atom. The lowest BCUT2D eigenvalue weighted by Crippen LogP contribution is -2.61. The molecular weight excluding hydrogens is 985 g/mol. The van der Waals surface area contributed by atoms with Crippen molar-refractivity contribution in [3.8, 4) is 11.5 Å². The predicted octanol–water partition coefficient (Wildman–Crippen LogP) is -4.84. The molecule has 3 heterocycles. The summed E-state index contributed by atoms with van der Waals surface area (Å²) in [5, 5.41) is 84.5. The SMILES string of the molecule is C[C@H](N)C(=O)N[C@@H](CCCCN)C(=O)N1CCC[C@H]1C(=O)N[C@@H](CO)C(=O)N[C@@H](Cc1ccc(O)cc1)C(=O)N1C[C@H](O)C[C@H]1C(=O)N1C[C@H](O)C[C@H]1C(=O)N[C@H](C(=O)N[C@@H](Cc1ccc(O)cc1)C(=O)O)[C@@H](C)O. The van der Waals surface area contributed by atoms with Crippen molar-refractivity contribution in [2.45, 2.75) is 144 Å². The van der Waals surface area contributed by atoms with Gasteiger partial charge in [-0.1, -0.05) is 24.3 Å². The molecule has 2 aromatic rings. The first-order chi connectivity index (χ1) is 35.5. The topological polar surface area (TPSA) is 417 Å². The van der Waals surface area contributed by atoms with E-state index in [9.17, 15) is 78.9 Å². The molecule has 0 saturated carbocycles. The summed E-state index contributed by atoms with van der Waals surface area (Å²) in [4.78, 5) is 126. The molecule has 16 N–H and O–H groups in total. The number of nitrogens with zero attached hydrogens (tertiary/aromatic N) is 3. The molecule has 12 atom stereocenters. The second kappa shape index (κ2) is 27.0. The zero-order chi connectivity index (χ0) is 55.3. The van der Waals surface area contributed by atoms with E-state index in [4.69, 9.17) is 11.5 Å². The number of phenolic OH excluding ortho intramolecular Hbond substituents is 2. The first-order valence-electron chi connectivity index (χ1n) is 24.9. The first kappa shape index (κ1) is 58.9. The Balaban J connectivity index is 1.32. The molecule has 3 aliphatic rings. The predicted molar refractivity (Wildman–Crippen MR) is 263 cm³/mol. The van der Waals surface area contributed by atoms with E-state index in [0.717, 1.165) is 16.7 Å². The number of hydrogen-bond donors (Lipinski definition) is 14. The van der Waals surface area contributed by atoms with Crippen LogP contribution < -0.4 is 38.1 Å². The summed E-state index contributed by atoms with van der Waals surface area (Å²) in [6.45, 7) is 1.21. The number of nitrogens with one attached hydrogen (secondary N) is 5. The van der Waals surface area contributed by atoms with Crippen LogP contribution in [0.15, 0.2) is 48.5 Å². The maximum absolute atomic E-state index is 14.7. The molecule has 412 valence electrons. The number of aromatic hydroxyl groups is 2. The van der Waals surface area contributed by atoms with Gasteiger partial charge in [0.1, 0.15) is 59.8 Å². The van der Waals surface area contributed by atoms with Crippen molar-refractivity contribution in [3.63, 3.8) is 0 Å². The van der Waals surface area contributed by atoms with Gasteiger partial charge in [0.15, 0.2) is 0 Å². The van der Waals surface area contributed by atoms with E-state index < -0.39 is 146 Å². The molecule has 26 heteroatoms. The molecule has 0 bridgehead atoms. The van der Waals surface area contributed by atoms with Crippen molar-refractivity contribution >= 4 is 53.2 Å². The number of aliphatic hydroxyl groups excluding tert-OH is 4. The van der Waals surface area contributed by atoms with Crippen LogP contribution in [0.5, 0.6) is 11.5 Å². The number of aliphatic carboxylic acids is 1. The van der Waals surface area contributed by atoms with E-state index in [1.54, 1.807) is 0 Å². The lowest BCUT2D eigenvalue weighted by Gasteiger charge is -2.33. The average molecular weight is 1060 g/mol. The minimum atomic E-state index is -1.76. The standard InChI is InChI=1S/C49H70N10O16/c1-25(51)41(66)52-33(6-3-4-16-50)46(71)57-17-5-7-37(57)43(68)55-36(24-60)42(67)53-34(18-27-8-12-29(62)13-9-27)47(72)59-23-32(65)21-39(59)48(73)58-22-31(64)20-38(58)44(69)56-40(26(2)61)45(70)54-35(49(74)75)19-28-10-14-30(63)15-11-28/h8-15,25-26,31-40,60-65H,3-7,16-24,50-51H2,1-2H3,(H,52,66)(H,53,67)(H,54,70)(H,55,68)(H,56,69)(H,74,75)/t25-,26+,31+,32+,33-,34-,35-,36-,37-,38-,39-,40-/m0/s1. The molecule has 3 aliphatic heterocycles. The van der Waals surface area contributed by atoms with Crippen LogP contribution in [0.25, 0.3) is 0 Å². The highest BCUT2D eigenvalue weighted by Crippen LogP contribution is 2.28. The molecule has 0 radical (unpaired) electrons. The number of amides is 8. The Bertz CT molecular complexity index is 2360. The van der Waals surface area contributed by atoms with E-state index in [1.807, 2.05) is 0 Å². The summed E-state index contributed by atoms with van der Waals surface area (Å²) in [5.74, 6) is -8.63. The second-order valence-corrected chi connectivity index (χ2v) is 19.3. The van der Waals surface area contributed by atoms with Crippen LogP contribution in [0.4, 0.5) is 0 Å². The molecular formula is C49H70N10O16. The number of hydrogen-bond acceptors (Lipinski definition) is 17. The number of unbranched alkanes of at least 4 members (excludes halogenated alkanes) is 1. The zero-order valence-corrected chi connectivity index (χ0v) is 41.7. The van der Waals surface area contributed by atoms with E-state index in [1.165, 1.54) is 60.4 Å². The van der Waals surface area contributed by atoms with Crippen molar-refractivity contribution in [3.05, 3.63) is 59.7 Å². The number of aliphatic hydroxyl groups is 4. The van der Waals surface area contributed by atoms with Gasteiger partial charge in [-0.25, -0.2) is 4.79 Å². The number of benzene rings is 2. The summed E-state index contributed by atoms with van der Waals surface area (Å²) >= 11 is 0. The number of likely N-dealkylation sites (tertiary alicyclic amines) is 3. The third-order valence-electron chi connectivity index (χ3n) is 13.4. The zero-order valence-electron chi connectivity index (χ0n) is 41.7. The van der Waals surface area contributed by atoms with E-state index in [2.05, 4.69) is 26.6 Å². The van der Waals surface area contributed by atoms with Crippen molar-refractivity contribution in [2.24, 2.45) is 11.5 Å². The summed E-state index contributed by atoms with van der Waals surface area (Å²) in [5.41, 5.74) is 12.2. The van der Waals surface area contributed by atoms with E-state index in [0.29, 0.717) is 36.9 Å². The van der Waals surface area contributed by atoms with E-state index >= 15 is 0 Å². The highest BCUT2D eigenvalue weighted by atomic mass is 16.4. The number of nitrogens with two attached hydrogens (primary N) is 2. The molecule has 3 fully saturated rings. The van der Waals surface area contributed by atoms with Crippen molar-refractivity contribution in [2.75, 3.05) is 32.8 Å². The molecule has 0 aromatic heterocycles. The number of rotatable bonds is 24. The molecule has 0 aliphatic carbocycles. The number of β-amino-alcohol motifs (C(OH)–C–C–N with tert-alkyl or cyclic N) is 2. The van der Waals surface area contributed by atoms with Gasteiger partial charge in [0.05, 0.1) is 31.0 Å². The Hall–Kier alpha value is -6.97. The lowest BCUT2D eigenvalue weighted by molar-refractivity contribution is -0.148. The molecule has 5 rings (SSSR count). The molecule has 8 amide bonds. The quantitative estimate of drug-likeness (QED) is 0.0439. The fourth-order valence-electron chi connectivity index (χ4n) is 9.33. The highest BCUT2D eigenvalue weighted by Gasteiger charge is 2.49. The molecule has 75 heavy (non-hydrogen) atoms. The van der Waals surface area contributed by atoms with Gasteiger partial charge in [0, 0.05) is 45.3 Å². The Labute approximate surface area is 432 Å². The Morgan fingerprint density at radius 1 is 0.640 bits per heavy atom. The monoisotopic (exact) mass is 1050 g/mol. The van der Waals surface area contributed by atoms with Gasteiger partial charge in [-0.05, 0) is 87.9 Å². The van der Waals surface area contributed by atoms with Crippen LogP contribution in [-0.2, 0) is 56.0 Å². The van der Waals surface area contributed by atoms with Gasteiger partial charge in [0.25, 0.3) is 0 Å². The average Bonchev–Trinajstić information content (AvgIpc) is 4.13. The van der Waals surface area contributed by atoms with Gasteiger partial charge in [-0.15, -0.1) is 0 Å². The largest absolute Gasteiger partial charge is 0.508 e. The molecule has 3 saturated heterocycles. The molecule has 2 aromatic carbocycles. The molecule has 0 spiro atoms. The number of carboxylic acids is 1.